The Morgan fingerprint density at radius 1 is 1.24 bits per heavy atom. The van der Waals surface area contributed by atoms with E-state index in [1.165, 1.54) is 18.2 Å². The second-order valence-corrected chi connectivity index (χ2v) is 9.32. The minimum Gasteiger partial charge on any atom is -0.396 e. The van der Waals surface area contributed by atoms with Gasteiger partial charge >= 0.3 is 0 Å². The Morgan fingerprint density at radius 2 is 2.00 bits per heavy atom. The molecule has 1 fully saturated rings. The Balaban J connectivity index is 1.74. The van der Waals surface area contributed by atoms with Crippen molar-refractivity contribution < 1.29 is 24.4 Å². The lowest BCUT2D eigenvalue weighted by molar-refractivity contribution is -0.387. The molecule has 1 saturated heterocycles. The molecule has 3 rings (SSSR count). The SMILES string of the molecule is Cc1ccc(NC(=O)CN2C(=O)SC(=Cc3ccc(SCCO)c([N+](=O)[O-])c3)C2=O)c(C)c1. The molecule has 11 heteroatoms. The monoisotopic (exact) mass is 487 g/mol. The van der Waals surface area contributed by atoms with Gasteiger partial charge in [0.2, 0.25) is 5.91 Å². The van der Waals surface area contributed by atoms with Crippen LogP contribution in [-0.4, -0.2) is 50.9 Å². The van der Waals surface area contributed by atoms with Crippen molar-refractivity contribution in [1.82, 2.24) is 4.90 Å². The van der Waals surface area contributed by atoms with Crippen molar-refractivity contribution in [1.29, 1.82) is 0 Å². The van der Waals surface area contributed by atoms with Gasteiger partial charge in [0, 0.05) is 17.5 Å². The fourth-order valence-electron chi connectivity index (χ4n) is 3.12. The van der Waals surface area contributed by atoms with Crippen molar-refractivity contribution in [3.8, 4) is 0 Å². The number of aryl methyl sites for hydroxylation is 2. The summed E-state index contributed by atoms with van der Waals surface area (Å²) in [5.41, 5.74) is 2.72. The third-order valence-electron chi connectivity index (χ3n) is 4.66. The van der Waals surface area contributed by atoms with Crippen LogP contribution in [0.4, 0.5) is 16.2 Å². The van der Waals surface area contributed by atoms with Crippen LogP contribution in [0.5, 0.6) is 0 Å². The number of thioether (sulfide) groups is 2. The van der Waals surface area contributed by atoms with Crippen molar-refractivity contribution in [3.05, 3.63) is 68.1 Å². The minimum absolute atomic E-state index is 0.0735. The van der Waals surface area contributed by atoms with Gasteiger partial charge in [0.25, 0.3) is 16.8 Å². The number of hydrogen-bond acceptors (Lipinski definition) is 8. The van der Waals surface area contributed by atoms with Crippen LogP contribution in [0.2, 0.25) is 0 Å². The molecule has 172 valence electrons. The van der Waals surface area contributed by atoms with E-state index in [-0.39, 0.29) is 17.2 Å². The van der Waals surface area contributed by atoms with E-state index in [4.69, 9.17) is 5.11 Å². The summed E-state index contributed by atoms with van der Waals surface area (Å²) < 4.78 is 0. The van der Waals surface area contributed by atoms with Crippen LogP contribution < -0.4 is 5.32 Å². The topological polar surface area (TPSA) is 130 Å². The summed E-state index contributed by atoms with van der Waals surface area (Å²) in [6, 6.07) is 9.94. The molecule has 1 aliphatic heterocycles. The summed E-state index contributed by atoms with van der Waals surface area (Å²) >= 11 is 1.82. The number of aliphatic hydroxyl groups excluding tert-OH is 1. The second-order valence-electron chi connectivity index (χ2n) is 7.19. The molecule has 2 N–H and O–H groups in total. The van der Waals surface area contributed by atoms with Crippen LogP contribution in [-0.2, 0) is 9.59 Å². The van der Waals surface area contributed by atoms with Crippen molar-refractivity contribution in [3.63, 3.8) is 0 Å². The zero-order valence-electron chi connectivity index (χ0n) is 17.9. The van der Waals surface area contributed by atoms with Crippen LogP contribution >= 0.6 is 23.5 Å². The molecule has 9 nitrogen and oxygen atoms in total. The molecule has 0 radical (unpaired) electrons. The molecule has 3 amide bonds. The number of nitrogens with zero attached hydrogens (tertiary/aromatic N) is 2. The Labute approximate surface area is 198 Å². The summed E-state index contributed by atoms with van der Waals surface area (Å²) in [5, 5.41) is 22.4. The summed E-state index contributed by atoms with van der Waals surface area (Å²) in [6.07, 6.45) is 1.39. The first-order valence-electron chi connectivity index (χ1n) is 9.84. The fourth-order valence-corrected chi connectivity index (χ4v) is 4.71. The van der Waals surface area contributed by atoms with E-state index >= 15 is 0 Å². The number of imide groups is 1. The van der Waals surface area contributed by atoms with E-state index < -0.39 is 28.5 Å². The van der Waals surface area contributed by atoms with Crippen molar-refractivity contribution in [2.45, 2.75) is 18.7 Å². The molecule has 0 spiro atoms. The van der Waals surface area contributed by atoms with Gasteiger partial charge in [-0.25, -0.2) is 0 Å². The van der Waals surface area contributed by atoms with Crippen LogP contribution in [0, 0.1) is 24.0 Å². The first-order chi connectivity index (χ1) is 15.7. The summed E-state index contributed by atoms with van der Waals surface area (Å²) in [6.45, 7) is 3.22. The van der Waals surface area contributed by atoms with E-state index in [2.05, 4.69) is 5.32 Å². The molecule has 0 unspecified atom stereocenters. The highest BCUT2D eigenvalue weighted by atomic mass is 32.2. The number of carbonyl (C=O) groups is 3. The van der Waals surface area contributed by atoms with Crippen molar-refractivity contribution >= 4 is 58.0 Å². The number of nitro benzene ring substituents is 1. The van der Waals surface area contributed by atoms with Gasteiger partial charge in [0.05, 0.1) is 21.3 Å². The zero-order chi connectivity index (χ0) is 24.1. The molecule has 0 atom stereocenters. The van der Waals surface area contributed by atoms with E-state index in [1.807, 2.05) is 26.0 Å². The van der Waals surface area contributed by atoms with Gasteiger partial charge in [-0.05, 0) is 54.9 Å². The van der Waals surface area contributed by atoms with E-state index in [9.17, 15) is 24.5 Å². The highest BCUT2D eigenvalue weighted by Gasteiger charge is 2.36. The summed E-state index contributed by atoms with van der Waals surface area (Å²) in [4.78, 5) is 49.6. The maximum atomic E-state index is 12.7. The average molecular weight is 488 g/mol. The number of amides is 3. The second kappa shape index (κ2) is 10.6. The van der Waals surface area contributed by atoms with Crippen LogP contribution in [0.15, 0.2) is 46.2 Å². The first-order valence-corrected chi connectivity index (χ1v) is 11.6. The molecule has 0 bridgehead atoms. The van der Waals surface area contributed by atoms with Gasteiger partial charge in [-0.15, -0.1) is 11.8 Å². The lowest BCUT2D eigenvalue weighted by Crippen LogP contribution is -2.36. The Bertz CT molecular complexity index is 1160. The highest BCUT2D eigenvalue weighted by Crippen LogP contribution is 2.35. The molecule has 2 aromatic carbocycles. The van der Waals surface area contributed by atoms with Crippen LogP contribution in [0.25, 0.3) is 6.08 Å². The lowest BCUT2D eigenvalue weighted by Gasteiger charge is -2.14. The van der Waals surface area contributed by atoms with Gasteiger partial charge in [0.15, 0.2) is 0 Å². The smallest absolute Gasteiger partial charge is 0.294 e. The maximum Gasteiger partial charge on any atom is 0.294 e. The molecule has 0 aromatic heterocycles. The number of hydrogen-bond donors (Lipinski definition) is 2. The van der Waals surface area contributed by atoms with Gasteiger partial charge < -0.3 is 10.4 Å². The fraction of sp³-hybridized carbons (Fsp3) is 0.227. The normalized spacial score (nSPS) is 14.8. The third kappa shape index (κ3) is 6.01. The van der Waals surface area contributed by atoms with Crippen LogP contribution in [0.1, 0.15) is 16.7 Å². The number of nitrogens with one attached hydrogen (secondary N) is 1. The molecule has 0 saturated carbocycles. The van der Waals surface area contributed by atoms with Gasteiger partial charge in [-0.1, -0.05) is 23.8 Å². The predicted molar refractivity (Wildman–Crippen MR) is 128 cm³/mol. The molecular weight excluding hydrogens is 466 g/mol. The number of carbonyl (C=O) groups excluding carboxylic acids is 3. The molecular formula is C22H21N3O6S2. The minimum atomic E-state index is -0.637. The molecule has 1 aliphatic rings. The molecule has 2 aromatic rings. The van der Waals surface area contributed by atoms with Gasteiger partial charge in [-0.3, -0.25) is 29.4 Å². The van der Waals surface area contributed by atoms with Crippen LogP contribution in [0.3, 0.4) is 0 Å². The third-order valence-corrected chi connectivity index (χ3v) is 6.61. The van der Waals surface area contributed by atoms with Crippen molar-refractivity contribution in [2.75, 3.05) is 24.2 Å². The first kappa shape index (κ1) is 24.5. The maximum absolute atomic E-state index is 12.7. The Morgan fingerprint density at radius 3 is 2.67 bits per heavy atom. The highest BCUT2D eigenvalue weighted by molar-refractivity contribution is 8.18. The Kier molecular flexibility index (Phi) is 7.90. The number of benzene rings is 2. The number of aliphatic hydroxyl groups is 1. The average Bonchev–Trinajstić information content (AvgIpc) is 3.02. The Hall–Kier alpha value is -3.15. The summed E-state index contributed by atoms with van der Waals surface area (Å²) in [5.74, 6) is -0.836. The number of anilines is 1. The number of nitro groups is 1. The van der Waals surface area contributed by atoms with E-state index in [0.717, 1.165) is 27.8 Å². The van der Waals surface area contributed by atoms with E-state index in [1.54, 1.807) is 12.1 Å². The largest absolute Gasteiger partial charge is 0.396 e. The predicted octanol–water partition coefficient (Wildman–Crippen LogP) is 3.97. The molecule has 1 heterocycles. The van der Waals surface area contributed by atoms with Gasteiger partial charge in [0.1, 0.15) is 6.54 Å². The lowest BCUT2D eigenvalue weighted by atomic mass is 10.1. The molecule has 0 aliphatic carbocycles. The van der Waals surface area contributed by atoms with Crippen molar-refractivity contribution in [2.24, 2.45) is 0 Å². The number of rotatable bonds is 8. The summed E-state index contributed by atoms with van der Waals surface area (Å²) in [7, 11) is 0. The van der Waals surface area contributed by atoms with E-state index in [0.29, 0.717) is 33.7 Å². The quantitative estimate of drug-likeness (QED) is 0.248. The molecule has 33 heavy (non-hydrogen) atoms. The zero-order valence-corrected chi connectivity index (χ0v) is 19.5. The van der Waals surface area contributed by atoms with Gasteiger partial charge in [-0.2, -0.15) is 0 Å². The standard InChI is InChI=1S/C22H21N3O6S2/c1-13-3-5-16(14(2)9-13)23-20(27)12-24-21(28)19(33-22(24)29)11-15-4-6-18(32-8-7-26)17(10-15)25(30)31/h3-6,9-11,26H,7-8,12H2,1-2H3,(H,23,27).